The predicted octanol–water partition coefficient (Wildman–Crippen LogP) is 2.16. The number of hydrogen-bond acceptors (Lipinski definition) is 4. The van der Waals surface area contributed by atoms with Gasteiger partial charge in [-0.2, -0.15) is 0 Å². The predicted molar refractivity (Wildman–Crippen MR) is 118 cm³/mol. The summed E-state index contributed by atoms with van der Waals surface area (Å²) in [5.74, 6) is 2.64. The van der Waals surface area contributed by atoms with Crippen LogP contribution in [-0.2, 0) is 6.54 Å². The molecule has 3 amide bonds. The van der Waals surface area contributed by atoms with Crippen LogP contribution in [0.15, 0.2) is 54.6 Å². The third-order valence-electron chi connectivity index (χ3n) is 5.14. The Kier molecular flexibility index (Phi) is 7.91. The normalized spacial score (nSPS) is 18.4. The molecule has 2 aromatic rings. The first-order chi connectivity index (χ1) is 15.1. The molecule has 3 rings (SSSR count). The zero-order chi connectivity index (χ0) is 22.1. The van der Waals surface area contributed by atoms with Crippen molar-refractivity contribution in [1.82, 2.24) is 15.5 Å². The standard InChI is InChI=1S/C24H27N3O4/c1-2-15-31-20-12-10-19(11-13-20)23(29)26-21-17-27(14-6-9-22(21)28)24(30)25-16-18-7-4-3-5-8-18/h1,3-5,7-8,10-13,21-22,28H,6,9,14-17H2,(H,25,30)(H,26,29). The molecule has 2 aromatic carbocycles. The van der Waals surface area contributed by atoms with Gasteiger partial charge < -0.3 is 25.4 Å². The summed E-state index contributed by atoms with van der Waals surface area (Å²) >= 11 is 0. The number of rotatable bonds is 6. The highest BCUT2D eigenvalue weighted by Crippen LogP contribution is 2.15. The molecule has 0 aliphatic carbocycles. The van der Waals surface area contributed by atoms with Crippen LogP contribution in [0.5, 0.6) is 5.75 Å². The quantitative estimate of drug-likeness (QED) is 0.624. The van der Waals surface area contributed by atoms with Gasteiger partial charge in [0.15, 0.2) is 0 Å². The van der Waals surface area contributed by atoms with E-state index in [9.17, 15) is 14.7 Å². The summed E-state index contributed by atoms with van der Waals surface area (Å²) in [6.45, 7) is 1.33. The van der Waals surface area contributed by atoms with Gasteiger partial charge in [-0.25, -0.2) is 4.79 Å². The van der Waals surface area contributed by atoms with Crippen molar-refractivity contribution in [2.24, 2.45) is 0 Å². The van der Waals surface area contributed by atoms with Crippen molar-refractivity contribution in [2.45, 2.75) is 31.5 Å². The number of carbonyl (C=O) groups excluding carboxylic acids is 2. The number of terminal acetylenes is 1. The van der Waals surface area contributed by atoms with E-state index in [2.05, 4.69) is 16.6 Å². The maximum absolute atomic E-state index is 12.7. The molecule has 0 bridgehead atoms. The lowest BCUT2D eigenvalue weighted by Crippen LogP contribution is -2.51. The minimum atomic E-state index is -0.728. The Balaban J connectivity index is 1.58. The zero-order valence-corrected chi connectivity index (χ0v) is 17.3. The largest absolute Gasteiger partial charge is 0.481 e. The number of aliphatic hydroxyl groups is 1. The second-order valence-electron chi connectivity index (χ2n) is 7.40. The molecule has 0 saturated carbocycles. The average Bonchev–Trinajstić information content (AvgIpc) is 2.98. The molecule has 3 N–H and O–H groups in total. The van der Waals surface area contributed by atoms with Crippen molar-refractivity contribution in [1.29, 1.82) is 0 Å². The summed E-state index contributed by atoms with van der Waals surface area (Å²) in [6, 6.07) is 15.5. The molecule has 0 radical (unpaired) electrons. The Labute approximate surface area is 182 Å². The molecule has 1 aliphatic heterocycles. The number of amides is 3. The van der Waals surface area contributed by atoms with Crippen LogP contribution in [0.1, 0.15) is 28.8 Å². The van der Waals surface area contributed by atoms with E-state index in [1.165, 1.54) is 0 Å². The molecule has 1 fully saturated rings. The lowest BCUT2D eigenvalue weighted by Gasteiger charge is -2.27. The van der Waals surface area contributed by atoms with Crippen molar-refractivity contribution < 1.29 is 19.4 Å². The number of nitrogens with zero attached hydrogens (tertiary/aromatic N) is 1. The van der Waals surface area contributed by atoms with Crippen molar-refractivity contribution >= 4 is 11.9 Å². The highest BCUT2D eigenvalue weighted by Gasteiger charge is 2.29. The van der Waals surface area contributed by atoms with Crippen LogP contribution in [0.3, 0.4) is 0 Å². The number of aliphatic hydroxyl groups excluding tert-OH is 1. The highest BCUT2D eigenvalue weighted by molar-refractivity contribution is 5.94. The summed E-state index contributed by atoms with van der Waals surface area (Å²) in [4.78, 5) is 27.0. The number of urea groups is 1. The smallest absolute Gasteiger partial charge is 0.317 e. The van der Waals surface area contributed by atoms with Crippen LogP contribution in [0, 0.1) is 12.3 Å². The molecule has 0 aromatic heterocycles. The summed E-state index contributed by atoms with van der Waals surface area (Å²) in [5.41, 5.74) is 1.44. The monoisotopic (exact) mass is 421 g/mol. The average molecular weight is 421 g/mol. The van der Waals surface area contributed by atoms with Crippen LogP contribution in [0.2, 0.25) is 0 Å². The van der Waals surface area contributed by atoms with Crippen molar-refractivity contribution in [2.75, 3.05) is 19.7 Å². The third kappa shape index (κ3) is 6.49. The number of nitrogens with one attached hydrogen (secondary N) is 2. The summed E-state index contributed by atoms with van der Waals surface area (Å²) in [5, 5.41) is 16.2. The van der Waals surface area contributed by atoms with E-state index in [1.807, 2.05) is 30.3 Å². The molecule has 162 valence electrons. The maximum Gasteiger partial charge on any atom is 0.317 e. The van der Waals surface area contributed by atoms with E-state index in [0.29, 0.717) is 37.2 Å². The fourth-order valence-corrected chi connectivity index (χ4v) is 3.43. The van der Waals surface area contributed by atoms with E-state index < -0.39 is 12.1 Å². The minimum Gasteiger partial charge on any atom is -0.481 e. The number of benzene rings is 2. The highest BCUT2D eigenvalue weighted by atomic mass is 16.5. The SMILES string of the molecule is C#CCOc1ccc(C(=O)NC2CN(C(=O)NCc3ccccc3)CCCC2O)cc1. The number of hydrogen-bond donors (Lipinski definition) is 3. The molecule has 31 heavy (non-hydrogen) atoms. The summed E-state index contributed by atoms with van der Waals surface area (Å²) in [6.07, 6.45) is 5.61. The number of likely N-dealkylation sites (tertiary alicyclic amines) is 1. The van der Waals surface area contributed by atoms with Crippen LogP contribution in [-0.4, -0.2) is 53.8 Å². The molecule has 1 aliphatic rings. The van der Waals surface area contributed by atoms with E-state index >= 15 is 0 Å². The van der Waals surface area contributed by atoms with Crippen LogP contribution in [0.25, 0.3) is 0 Å². The fourth-order valence-electron chi connectivity index (χ4n) is 3.43. The molecule has 7 heteroatoms. The van der Waals surface area contributed by atoms with Crippen LogP contribution >= 0.6 is 0 Å². The van der Waals surface area contributed by atoms with E-state index in [4.69, 9.17) is 11.2 Å². The van der Waals surface area contributed by atoms with Gasteiger partial charge in [-0.05, 0) is 42.7 Å². The second kappa shape index (κ2) is 11.0. The van der Waals surface area contributed by atoms with E-state index in [1.54, 1.807) is 29.2 Å². The molecule has 0 spiro atoms. The lowest BCUT2D eigenvalue weighted by atomic mass is 10.1. The Morgan fingerprint density at radius 2 is 1.90 bits per heavy atom. The van der Waals surface area contributed by atoms with Gasteiger partial charge in [0.25, 0.3) is 5.91 Å². The second-order valence-corrected chi connectivity index (χ2v) is 7.40. The van der Waals surface area contributed by atoms with E-state index in [0.717, 1.165) is 5.56 Å². The molecule has 7 nitrogen and oxygen atoms in total. The first-order valence-corrected chi connectivity index (χ1v) is 10.3. The summed E-state index contributed by atoms with van der Waals surface area (Å²) in [7, 11) is 0. The third-order valence-corrected chi connectivity index (χ3v) is 5.14. The number of carbonyl (C=O) groups is 2. The maximum atomic E-state index is 12.7. The Morgan fingerprint density at radius 3 is 2.61 bits per heavy atom. The van der Waals surface area contributed by atoms with Gasteiger partial charge in [0, 0.05) is 25.2 Å². The minimum absolute atomic E-state index is 0.155. The van der Waals surface area contributed by atoms with Crippen LogP contribution < -0.4 is 15.4 Å². The molecule has 2 unspecified atom stereocenters. The van der Waals surface area contributed by atoms with Crippen molar-refractivity contribution in [3.8, 4) is 18.1 Å². The van der Waals surface area contributed by atoms with Gasteiger partial charge in [0.2, 0.25) is 0 Å². The molecular weight excluding hydrogens is 394 g/mol. The zero-order valence-electron chi connectivity index (χ0n) is 17.3. The Bertz CT molecular complexity index is 909. The topological polar surface area (TPSA) is 90.9 Å². The molecule has 1 heterocycles. The number of ether oxygens (including phenoxy) is 1. The fraction of sp³-hybridized carbons (Fsp3) is 0.333. The first kappa shape index (κ1) is 22.2. The van der Waals surface area contributed by atoms with Gasteiger partial charge in [-0.3, -0.25) is 4.79 Å². The summed E-state index contributed by atoms with van der Waals surface area (Å²) < 4.78 is 5.31. The van der Waals surface area contributed by atoms with Gasteiger partial charge in [-0.1, -0.05) is 36.3 Å². The molecular formula is C24H27N3O4. The van der Waals surface area contributed by atoms with Gasteiger partial charge in [-0.15, -0.1) is 6.42 Å². The van der Waals surface area contributed by atoms with Crippen LogP contribution in [0.4, 0.5) is 4.79 Å². The van der Waals surface area contributed by atoms with Crippen molar-refractivity contribution in [3.63, 3.8) is 0 Å². The van der Waals surface area contributed by atoms with Gasteiger partial charge >= 0.3 is 6.03 Å². The Hall–Kier alpha value is -3.50. The van der Waals surface area contributed by atoms with Crippen molar-refractivity contribution in [3.05, 3.63) is 65.7 Å². The Morgan fingerprint density at radius 1 is 1.16 bits per heavy atom. The van der Waals surface area contributed by atoms with Gasteiger partial charge in [0.05, 0.1) is 12.1 Å². The molecule has 1 saturated heterocycles. The first-order valence-electron chi connectivity index (χ1n) is 10.3. The van der Waals surface area contributed by atoms with E-state index in [-0.39, 0.29) is 25.1 Å². The lowest BCUT2D eigenvalue weighted by molar-refractivity contribution is 0.0809. The molecule has 2 atom stereocenters. The van der Waals surface area contributed by atoms with Gasteiger partial charge in [0.1, 0.15) is 12.4 Å².